The number of ether oxygens (including phenoxy) is 1. The Hall–Kier alpha value is -2.43. The Labute approximate surface area is 202 Å². The van der Waals surface area contributed by atoms with Crippen molar-refractivity contribution < 1.29 is 22.8 Å². The molecule has 0 aliphatic heterocycles. The monoisotopic (exact) mass is 590 g/mol. The SMILES string of the molecule is Cc1c(Cl)cccc1N=Cc1cc(Br)cc(Br)c1Oc1ccc(C(F)(F)F)cc1[N+](=O)[O-]. The third-order valence-corrected chi connectivity index (χ3v) is 5.77. The highest BCUT2D eigenvalue weighted by molar-refractivity contribution is 9.11. The van der Waals surface area contributed by atoms with Crippen LogP contribution in [0.25, 0.3) is 0 Å². The van der Waals surface area contributed by atoms with Crippen LogP contribution in [0.3, 0.4) is 0 Å². The van der Waals surface area contributed by atoms with Crippen molar-refractivity contribution in [3.63, 3.8) is 0 Å². The van der Waals surface area contributed by atoms with Gasteiger partial charge in [0.1, 0.15) is 0 Å². The minimum absolute atomic E-state index is 0.138. The van der Waals surface area contributed by atoms with Gasteiger partial charge in [0.15, 0.2) is 5.75 Å². The molecule has 0 aromatic heterocycles. The maximum absolute atomic E-state index is 13.0. The molecule has 166 valence electrons. The van der Waals surface area contributed by atoms with Crippen LogP contribution >= 0.6 is 43.5 Å². The normalized spacial score (nSPS) is 11.7. The molecule has 3 rings (SSSR count). The van der Waals surface area contributed by atoms with Crippen LogP contribution in [0, 0.1) is 17.0 Å². The molecule has 5 nitrogen and oxygen atoms in total. The van der Waals surface area contributed by atoms with E-state index in [-0.39, 0.29) is 11.5 Å². The summed E-state index contributed by atoms with van der Waals surface area (Å²) in [6, 6.07) is 10.6. The predicted molar refractivity (Wildman–Crippen MR) is 123 cm³/mol. The molecule has 32 heavy (non-hydrogen) atoms. The lowest BCUT2D eigenvalue weighted by Gasteiger charge is -2.13. The van der Waals surface area contributed by atoms with Crippen molar-refractivity contribution in [1.29, 1.82) is 0 Å². The van der Waals surface area contributed by atoms with Crippen molar-refractivity contribution in [1.82, 2.24) is 0 Å². The number of hydrogen-bond acceptors (Lipinski definition) is 4. The minimum Gasteiger partial charge on any atom is -0.448 e. The van der Waals surface area contributed by atoms with Gasteiger partial charge in [-0.15, -0.1) is 0 Å². The van der Waals surface area contributed by atoms with Crippen LogP contribution < -0.4 is 4.74 Å². The number of alkyl halides is 3. The topological polar surface area (TPSA) is 64.7 Å². The van der Waals surface area contributed by atoms with E-state index in [0.29, 0.717) is 31.3 Å². The summed E-state index contributed by atoms with van der Waals surface area (Å²) in [5, 5.41) is 11.9. The van der Waals surface area contributed by atoms with Crippen molar-refractivity contribution in [3.05, 3.63) is 89.3 Å². The summed E-state index contributed by atoms with van der Waals surface area (Å²) in [7, 11) is 0. The van der Waals surface area contributed by atoms with Crippen LogP contribution in [0.1, 0.15) is 16.7 Å². The van der Waals surface area contributed by atoms with Crippen molar-refractivity contribution in [2.45, 2.75) is 13.1 Å². The molecule has 0 saturated carbocycles. The Morgan fingerprint density at radius 1 is 1.16 bits per heavy atom. The van der Waals surface area contributed by atoms with E-state index in [1.54, 1.807) is 37.3 Å². The molecule has 0 amide bonds. The minimum atomic E-state index is -4.73. The second kappa shape index (κ2) is 9.60. The fraction of sp³-hybridized carbons (Fsp3) is 0.0952. The molecule has 0 aliphatic rings. The van der Waals surface area contributed by atoms with Crippen LogP contribution in [0.4, 0.5) is 24.5 Å². The third-order valence-electron chi connectivity index (χ3n) is 4.31. The smallest absolute Gasteiger partial charge is 0.416 e. The van der Waals surface area contributed by atoms with Gasteiger partial charge in [0.05, 0.1) is 20.6 Å². The number of nitro groups is 1. The molecule has 0 atom stereocenters. The first-order chi connectivity index (χ1) is 15.0. The molecule has 0 radical (unpaired) electrons. The van der Waals surface area contributed by atoms with E-state index in [1.807, 2.05) is 0 Å². The van der Waals surface area contributed by atoms with E-state index in [4.69, 9.17) is 16.3 Å². The van der Waals surface area contributed by atoms with Gasteiger partial charge in [-0.2, -0.15) is 13.2 Å². The fourth-order valence-corrected chi connectivity index (χ4v) is 4.20. The molecular formula is C21H12Br2ClF3N2O3. The van der Waals surface area contributed by atoms with Crippen LogP contribution in [-0.2, 0) is 6.18 Å². The summed E-state index contributed by atoms with van der Waals surface area (Å²) < 4.78 is 45.7. The highest BCUT2D eigenvalue weighted by atomic mass is 79.9. The largest absolute Gasteiger partial charge is 0.448 e. The molecule has 0 aliphatic carbocycles. The molecular weight excluding hydrogens is 580 g/mol. The van der Waals surface area contributed by atoms with Gasteiger partial charge < -0.3 is 4.74 Å². The van der Waals surface area contributed by atoms with E-state index in [0.717, 1.165) is 17.7 Å². The number of hydrogen-bond donors (Lipinski definition) is 0. The summed E-state index contributed by atoms with van der Waals surface area (Å²) in [5.74, 6) is -0.209. The van der Waals surface area contributed by atoms with Gasteiger partial charge in [-0.3, -0.25) is 15.1 Å². The first-order valence-corrected chi connectivity index (χ1v) is 10.8. The van der Waals surface area contributed by atoms with Crippen molar-refractivity contribution in [2.75, 3.05) is 0 Å². The van der Waals surface area contributed by atoms with Crippen LogP contribution in [0.5, 0.6) is 11.5 Å². The van der Waals surface area contributed by atoms with Gasteiger partial charge in [-0.1, -0.05) is 33.6 Å². The molecule has 0 saturated heterocycles. The molecule has 11 heteroatoms. The molecule has 0 bridgehead atoms. The summed E-state index contributed by atoms with van der Waals surface area (Å²) in [5.41, 5.74) is -0.201. The average Bonchev–Trinajstić information content (AvgIpc) is 2.70. The van der Waals surface area contributed by atoms with Crippen LogP contribution in [0.15, 0.2) is 62.5 Å². The van der Waals surface area contributed by atoms with Gasteiger partial charge in [0, 0.05) is 27.3 Å². The van der Waals surface area contributed by atoms with Crippen LogP contribution in [-0.4, -0.2) is 11.1 Å². The average molecular weight is 593 g/mol. The van der Waals surface area contributed by atoms with Gasteiger partial charge in [0.25, 0.3) is 0 Å². The zero-order chi connectivity index (χ0) is 23.6. The van der Waals surface area contributed by atoms with Gasteiger partial charge in [0.2, 0.25) is 5.75 Å². The second-order valence-corrected chi connectivity index (χ2v) is 8.66. The Kier molecular flexibility index (Phi) is 7.26. The van der Waals surface area contributed by atoms with Crippen molar-refractivity contribution in [3.8, 4) is 11.5 Å². The Bertz CT molecular complexity index is 1230. The number of benzene rings is 3. The van der Waals surface area contributed by atoms with E-state index < -0.39 is 22.4 Å². The first-order valence-electron chi connectivity index (χ1n) is 8.79. The fourth-order valence-electron chi connectivity index (χ4n) is 2.69. The van der Waals surface area contributed by atoms with Crippen LogP contribution in [0.2, 0.25) is 5.02 Å². The highest BCUT2D eigenvalue weighted by Crippen LogP contribution is 2.41. The predicted octanol–water partition coefficient (Wildman–Crippen LogP) is 8.64. The Morgan fingerprint density at radius 2 is 1.88 bits per heavy atom. The molecule has 0 spiro atoms. The van der Waals surface area contributed by atoms with Gasteiger partial charge >= 0.3 is 11.9 Å². The maximum atomic E-state index is 13.0. The Morgan fingerprint density at radius 3 is 2.53 bits per heavy atom. The van der Waals surface area contributed by atoms with E-state index in [9.17, 15) is 23.3 Å². The van der Waals surface area contributed by atoms with Crippen molar-refractivity contribution in [2.24, 2.45) is 4.99 Å². The lowest BCUT2D eigenvalue weighted by Crippen LogP contribution is -2.06. The number of aliphatic imine (C=N–C) groups is 1. The lowest BCUT2D eigenvalue weighted by atomic mass is 10.1. The molecule has 0 fully saturated rings. The van der Waals surface area contributed by atoms with Gasteiger partial charge in [-0.05, 0) is 64.8 Å². The second-order valence-electron chi connectivity index (χ2n) is 6.49. The summed E-state index contributed by atoms with van der Waals surface area (Å²) in [6.45, 7) is 1.80. The number of halogens is 6. The number of nitro benzene ring substituents is 1. The third kappa shape index (κ3) is 5.48. The van der Waals surface area contributed by atoms with Gasteiger partial charge in [-0.25, -0.2) is 0 Å². The highest BCUT2D eigenvalue weighted by Gasteiger charge is 2.33. The molecule has 0 N–H and O–H groups in total. The van der Waals surface area contributed by atoms with E-state index in [2.05, 4.69) is 36.9 Å². The molecule has 3 aromatic rings. The lowest BCUT2D eigenvalue weighted by molar-refractivity contribution is -0.385. The molecule has 3 aromatic carbocycles. The first kappa shape index (κ1) is 24.2. The zero-order valence-electron chi connectivity index (χ0n) is 16.1. The van der Waals surface area contributed by atoms with Crippen molar-refractivity contribution >= 4 is 61.1 Å². The zero-order valence-corrected chi connectivity index (χ0v) is 20.0. The van der Waals surface area contributed by atoms with E-state index in [1.165, 1.54) is 6.21 Å². The summed E-state index contributed by atoms with van der Waals surface area (Å²) in [6.07, 6.45) is -3.26. The standard InChI is InChI=1S/C21H12Br2ClF3N2O3/c1-11-16(24)3-2-4-17(11)28-10-12-7-14(22)9-15(23)20(12)32-19-6-5-13(21(25,26)27)8-18(19)29(30)31/h2-10H,1H3. The Balaban J connectivity index is 2.07. The summed E-state index contributed by atoms with van der Waals surface area (Å²) >= 11 is 12.8. The molecule has 0 unspecified atom stereocenters. The van der Waals surface area contributed by atoms with E-state index >= 15 is 0 Å². The summed E-state index contributed by atoms with van der Waals surface area (Å²) in [4.78, 5) is 14.9. The molecule has 0 heterocycles. The quantitative estimate of drug-likeness (QED) is 0.169. The number of nitrogens with zero attached hydrogens (tertiary/aromatic N) is 2. The number of rotatable bonds is 5. The maximum Gasteiger partial charge on any atom is 0.416 e.